The third-order valence-electron chi connectivity index (χ3n) is 2.48. The minimum absolute atomic E-state index is 0.281. The summed E-state index contributed by atoms with van der Waals surface area (Å²) in [6.07, 6.45) is 0. The van der Waals surface area contributed by atoms with Gasteiger partial charge in [0.15, 0.2) is 5.82 Å². The molecular weight excluding hydrogens is 269 g/mol. The zero-order valence-corrected chi connectivity index (χ0v) is 11.6. The molecule has 94 valence electrons. The molecule has 0 amide bonds. The van der Waals surface area contributed by atoms with Gasteiger partial charge in [0.05, 0.1) is 0 Å². The summed E-state index contributed by atoms with van der Waals surface area (Å²) in [7, 11) is 0. The average Bonchev–Trinajstić information content (AvgIpc) is 2.26. The van der Waals surface area contributed by atoms with Gasteiger partial charge in [-0.05, 0) is 24.1 Å². The van der Waals surface area contributed by atoms with Crippen LogP contribution in [0.15, 0.2) is 24.3 Å². The van der Waals surface area contributed by atoms with Crippen LogP contribution in [-0.4, -0.2) is 9.97 Å². The van der Waals surface area contributed by atoms with Gasteiger partial charge in [0.25, 0.3) is 0 Å². The summed E-state index contributed by atoms with van der Waals surface area (Å²) in [5, 5.41) is 1.10. The Morgan fingerprint density at radius 2 is 1.61 bits per heavy atom. The van der Waals surface area contributed by atoms with Crippen molar-refractivity contribution in [3.8, 4) is 11.4 Å². The number of nitrogen functional groups attached to an aromatic ring is 1. The first-order valence-corrected chi connectivity index (χ1v) is 6.32. The predicted octanol–water partition coefficient (Wildman–Crippen LogP) is 4.16. The lowest BCUT2D eigenvalue weighted by Crippen LogP contribution is -2.01. The molecule has 1 heterocycles. The molecule has 1 aromatic carbocycles. The first-order chi connectivity index (χ1) is 8.45. The molecule has 18 heavy (non-hydrogen) atoms. The largest absolute Gasteiger partial charge is 0.384 e. The number of anilines is 1. The smallest absolute Gasteiger partial charge is 0.161 e. The molecule has 0 saturated carbocycles. The van der Waals surface area contributed by atoms with Crippen LogP contribution in [0.3, 0.4) is 0 Å². The molecule has 2 rings (SSSR count). The quantitative estimate of drug-likeness (QED) is 0.899. The van der Waals surface area contributed by atoms with Crippen molar-refractivity contribution in [2.75, 3.05) is 5.73 Å². The van der Waals surface area contributed by atoms with Gasteiger partial charge in [-0.3, -0.25) is 0 Å². The Hall–Kier alpha value is -1.32. The van der Waals surface area contributed by atoms with Crippen molar-refractivity contribution in [2.24, 2.45) is 0 Å². The summed E-state index contributed by atoms with van der Waals surface area (Å²) in [5.74, 6) is 1.27. The summed E-state index contributed by atoms with van der Waals surface area (Å²) in [6, 6.07) is 6.99. The van der Waals surface area contributed by atoms with Crippen LogP contribution >= 0.6 is 23.2 Å². The van der Waals surface area contributed by atoms with Crippen molar-refractivity contribution in [1.82, 2.24) is 9.97 Å². The van der Waals surface area contributed by atoms with Crippen molar-refractivity contribution in [2.45, 2.75) is 19.8 Å². The number of benzene rings is 1. The van der Waals surface area contributed by atoms with E-state index in [4.69, 9.17) is 28.9 Å². The molecule has 0 unspecified atom stereocenters. The maximum atomic E-state index is 5.97. The van der Waals surface area contributed by atoms with E-state index in [0.717, 1.165) is 11.3 Å². The van der Waals surface area contributed by atoms with Gasteiger partial charge in [-0.15, -0.1) is 0 Å². The molecule has 0 radical (unpaired) electrons. The van der Waals surface area contributed by atoms with Gasteiger partial charge in [-0.2, -0.15) is 0 Å². The van der Waals surface area contributed by atoms with Gasteiger partial charge in [0.1, 0.15) is 5.82 Å². The molecule has 0 aliphatic rings. The Morgan fingerprint density at radius 3 is 2.17 bits per heavy atom. The van der Waals surface area contributed by atoms with Crippen molar-refractivity contribution < 1.29 is 0 Å². The Bertz CT molecular complexity index is 562. The molecule has 0 fully saturated rings. The maximum absolute atomic E-state index is 5.97. The van der Waals surface area contributed by atoms with Crippen LogP contribution in [0.1, 0.15) is 25.5 Å². The Morgan fingerprint density at radius 1 is 1.00 bits per heavy atom. The second-order valence-electron chi connectivity index (χ2n) is 4.35. The van der Waals surface area contributed by atoms with Gasteiger partial charge in [-0.1, -0.05) is 37.0 Å². The fraction of sp³-hybridized carbons (Fsp3) is 0.231. The minimum Gasteiger partial charge on any atom is -0.384 e. The molecule has 1 aromatic heterocycles. The van der Waals surface area contributed by atoms with E-state index in [2.05, 4.69) is 23.8 Å². The average molecular weight is 282 g/mol. The van der Waals surface area contributed by atoms with E-state index < -0.39 is 0 Å². The third-order valence-corrected chi connectivity index (χ3v) is 2.91. The number of rotatable bonds is 2. The molecular formula is C13H13Cl2N3. The van der Waals surface area contributed by atoms with Gasteiger partial charge in [0.2, 0.25) is 0 Å². The molecule has 0 spiro atoms. The third kappa shape index (κ3) is 2.92. The normalized spacial score (nSPS) is 10.9. The molecule has 0 saturated heterocycles. The fourth-order valence-electron chi connectivity index (χ4n) is 1.59. The van der Waals surface area contributed by atoms with E-state index in [1.807, 2.05) is 0 Å². The zero-order valence-electron chi connectivity index (χ0n) is 10.1. The van der Waals surface area contributed by atoms with Crippen molar-refractivity contribution >= 4 is 29.0 Å². The number of halogens is 2. The topological polar surface area (TPSA) is 51.8 Å². The van der Waals surface area contributed by atoms with Crippen LogP contribution in [0.2, 0.25) is 10.0 Å². The number of nitrogens with zero attached hydrogens (tertiary/aromatic N) is 2. The van der Waals surface area contributed by atoms with E-state index in [1.54, 1.807) is 24.3 Å². The van der Waals surface area contributed by atoms with Crippen LogP contribution in [0.4, 0.5) is 5.82 Å². The number of hydrogen-bond donors (Lipinski definition) is 1. The summed E-state index contributed by atoms with van der Waals surface area (Å²) < 4.78 is 0. The van der Waals surface area contributed by atoms with Gasteiger partial charge < -0.3 is 5.73 Å². The molecule has 3 nitrogen and oxygen atoms in total. The van der Waals surface area contributed by atoms with E-state index >= 15 is 0 Å². The maximum Gasteiger partial charge on any atom is 0.161 e. The SMILES string of the molecule is CC(C)c1cc(N)nc(-c2cc(Cl)cc(Cl)c2)n1. The lowest BCUT2D eigenvalue weighted by molar-refractivity contribution is 0.818. The molecule has 2 aromatic rings. The lowest BCUT2D eigenvalue weighted by Gasteiger charge is -2.09. The Labute approximate surface area is 116 Å². The van der Waals surface area contributed by atoms with Crippen LogP contribution in [0.25, 0.3) is 11.4 Å². The predicted molar refractivity (Wildman–Crippen MR) is 76.0 cm³/mol. The molecule has 2 N–H and O–H groups in total. The van der Waals surface area contributed by atoms with Crippen LogP contribution in [0, 0.1) is 0 Å². The number of hydrogen-bond acceptors (Lipinski definition) is 3. The van der Waals surface area contributed by atoms with Crippen molar-refractivity contribution in [3.63, 3.8) is 0 Å². The van der Waals surface area contributed by atoms with Crippen LogP contribution < -0.4 is 5.73 Å². The molecule has 0 aliphatic heterocycles. The highest BCUT2D eigenvalue weighted by atomic mass is 35.5. The Kier molecular flexibility index (Phi) is 3.73. The first-order valence-electron chi connectivity index (χ1n) is 5.56. The van der Waals surface area contributed by atoms with E-state index in [-0.39, 0.29) is 5.92 Å². The summed E-state index contributed by atoms with van der Waals surface area (Å²) in [6.45, 7) is 4.10. The van der Waals surface area contributed by atoms with E-state index in [0.29, 0.717) is 21.7 Å². The van der Waals surface area contributed by atoms with Gasteiger partial charge >= 0.3 is 0 Å². The van der Waals surface area contributed by atoms with Gasteiger partial charge in [-0.25, -0.2) is 9.97 Å². The van der Waals surface area contributed by atoms with Crippen molar-refractivity contribution in [1.29, 1.82) is 0 Å². The highest BCUT2D eigenvalue weighted by Gasteiger charge is 2.09. The van der Waals surface area contributed by atoms with Crippen LogP contribution in [0.5, 0.6) is 0 Å². The van der Waals surface area contributed by atoms with Crippen LogP contribution in [-0.2, 0) is 0 Å². The standard InChI is InChI=1S/C13H13Cl2N3/c1-7(2)11-6-12(16)18-13(17-11)8-3-9(14)5-10(15)4-8/h3-7H,1-2H3,(H2,16,17,18). The lowest BCUT2D eigenvalue weighted by atomic mass is 10.1. The number of nitrogens with two attached hydrogens (primary N) is 1. The Balaban J connectivity index is 2.56. The van der Waals surface area contributed by atoms with E-state index in [9.17, 15) is 0 Å². The highest BCUT2D eigenvalue weighted by molar-refractivity contribution is 6.35. The summed E-state index contributed by atoms with van der Waals surface area (Å²) in [5.41, 5.74) is 7.46. The first kappa shape index (κ1) is 13.1. The highest BCUT2D eigenvalue weighted by Crippen LogP contribution is 2.26. The molecule has 0 aliphatic carbocycles. The monoisotopic (exact) mass is 281 g/mol. The van der Waals surface area contributed by atoms with E-state index in [1.165, 1.54) is 0 Å². The fourth-order valence-corrected chi connectivity index (χ4v) is 2.12. The molecule has 0 atom stereocenters. The second-order valence-corrected chi connectivity index (χ2v) is 5.23. The second kappa shape index (κ2) is 5.12. The summed E-state index contributed by atoms with van der Waals surface area (Å²) >= 11 is 11.9. The zero-order chi connectivity index (χ0) is 13.3. The van der Waals surface area contributed by atoms with Gasteiger partial charge in [0, 0.05) is 27.4 Å². The number of aromatic nitrogens is 2. The minimum atomic E-state index is 0.281. The molecule has 0 bridgehead atoms. The van der Waals surface area contributed by atoms with Crippen molar-refractivity contribution in [3.05, 3.63) is 40.0 Å². The summed E-state index contributed by atoms with van der Waals surface area (Å²) in [4.78, 5) is 8.70. The molecule has 5 heteroatoms.